The van der Waals surface area contributed by atoms with E-state index in [-0.39, 0.29) is 0 Å². The molecule has 1 nitrogen and oxygen atoms in total. The number of hydrogen-bond donors (Lipinski definition) is 1. The normalized spacial score (nSPS) is 20.0. The average Bonchev–Trinajstić information content (AvgIpc) is 2.74. The first-order valence-electron chi connectivity index (χ1n) is 6.68. The molecule has 1 aromatic rings. The molecule has 1 aromatic carbocycles. The van der Waals surface area contributed by atoms with Gasteiger partial charge in [-0.25, -0.2) is 0 Å². The van der Waals surface area contributed by atoms with Crippen molar-refractivity contribution in [3.8, 4) is 0 Å². The molecule has 1 N–H and O–H groups in total. The van der Waals surface area contributed by atoms with Crippen molar-refractivity contribution in [3.05, 3.63) is 32.7 Å². The van der Waals surface area contributed by atoms with E-state index in [2.05, 4.69) is 69.2 Å². The molecule has 2 rings (SSSR count). The number of halogens is 2. The Balaban J connectivity index is 1.97. The fraction of sp³-hybridized carbons (Fsp3) is 0.600. The Morgan fingerprint density at radius 1 is 1.28 bits per heavy atom. The van der Waals surface area contributed by atoms with E-state index in [1.165, 1.54) is 35.7 Å². The van der Waals surface area contributed by atoms with Gasteiger partial charge in [-0.3, -0.25) is 0 Å². The summed E-state index contributed by atoms with van der Waals surface area (Å²) in [4.78, 5) is 0. The maximum atomic E-state index is 3.70. The molecular formula is C15H21Br2N. The van der Waals surface area contributed by atoms with Gasteiger partial charge in [-0.2, -0.15) is 0 Å². The molecule has 0 heterocycles. The van der Waals surface area contributed by atoms with Crippen molar-refractivity contribution in [2.75, 3.05) is 6.54 Å². The van der Waals surface area contributed by atoms with Gasteiger partial charge in [0, 0.05) is 21.5 Å². The van der Waals surface area contributed by atoms with E-state index < -0.39 is 0 Å². The van der Waals surface area contributed by atoms with E-state index >= 15 is 0 Å². The van der Waals surface area contributed by atoms with Gasteiger partial charge in [0.15, 0.2) is 0 Å². The minimum Gasteiger partial charge on any atom is -0.310 e. The van der Waals surface area contributed by atoms with Crippen LogP contribution in [-0.2, 0) is 0 Å². The van der Waals surface area contributed by atoms with E-state index in [4.69, 9.17) is 0 Å². The molecule has 100 valence electrons. The summed E-state index contributed by atoms with van der Waals surface area (Å²) in [5.41, 5.74) is 1.84. The summed E-state index contributed by atoms with van der Waals surface area (Å²) in [6.45, 7) is 5.78. The van der Waals surface area contributed by atoms with Gasteiger partial charge in [-0.05, 0) is 42.9 Å². The van der Waals surface area contributed by atoms with Gasteiger partial charge in [0.05, 0.1) is 0 Å². The van der Waals surface area contributed by atoms with Crippen LogP contribution in [-0.4, -0.2) is 6.54 Å². The lowest BCUT2D eigenvalue weighted by Crippen LogP contribution is -2.31. The first-order valence-corrected chi connectivity index (χ1v) is 8.27. The maximum absolute atomic E-state index is 3.70. The fourth-order valence-corrected chi connectivity index (χ4v) is 4.16. The van der Waals surface area contributed by atoms with Crippen LogP contribution in [0.1, 0.15) is 51.1 Å². The summed E-state index contributed by atoms with van der Waals surface area (Å²) in [7, 11) is 0. The molecule has 0 bridgehead atoms. The third-order valence-electron chi connectivity index (χ3n) is 4.07. The Kier molecular flexibility index (Phi) is 4.90. The second-order valence-electron chi connectivity index (χ2n) is 5.79. The summed E-state index contributed by atoms with van der Waals surface area (Å²) in [6, 6.07) is 6.80. The lowest BCUT2D eigenvalue weighted by atomic mass is 9.88. The molecule has 0 radical (unpaired) electrons. The quantitative estimate of drug-likeness (QED) is 0.739. The van der Waals surface area contributed by atoms with E-state index in [1.807, 2.05) is 0 Å². The molecule has 0 aromatic heterocycles. The summed E-state index contributed by atoms with van der Waals surface area (Å²) < 4.78 is 2.29. The van der Waals surface area contributed by atoms with Crippen molar-refractivity contribution in [1.29, 1.82) is 0 Å². The van der Waals surface area contributed by atoms with Gasteiger partial charge in [0.2, 0.25) is 0 Å². The van der Waals surface area contributed by atoms with Crippen LogP contribution in [0.2, 0.25) is 0 Å². The number of nitrogens with one attached hydrogen (secondary N) is 1. The first kappa shape index (κ1) is 14.5. The Hall–Kier alpha value is 0.140. The van der Waals surface area contributed by atoms with Gasteiger partial charge in [-0.1, -0.05) is 57.7 Å². The summed E-state index contributed by atoms with van der Waals surface area (Å²) in [5.74, 6) is 0. The molecule has 0 saturated heterocycles. The lowest BCUT2D eigenvalue weighted by molar-refractivity contribution is 0.301. The van der Waals surface area contributed by atoms with Gasteiger partial charge in [-0.15, -0.1) is 0 Å². The molecule has 1 saturated carbocycles. The smallest absolute Gasteiger partial charge is 0.0303 e. The summed E-state index contributed by atoms with van der Waals surface area (Å²) in [5, 5.41) is 3.70. The van der Waals surface area contributed by atoms with Crippen molar-refractivity contribution in [1.82, 2.24) is 5.32 Å². The molecule has 0 amide bonds. The van der Waals surface area contributed by atoms with Crippen LogP contribution in [0.5, 0.6) is 0 Å². The minimum atomic E-state index is 0.393. The minimum absolute atomic E-state index is 0.393. The average molecular weight is 375 g/mol. The number of hydrogen-bond acceptors (Lipinski definition) is 1. The zero-order valence-corrected chi connectivity index (χ0v) is 14.3. The standard InChI is InChI=1S/C15H21Br2N/c1-11(13-6-5-12(16)9-14(13)17)18-10-15(2)7-3-4-8-15/h5-6,9,11,18H,3-4,7-8,10H2,1-2H3. The van der Waals surface area contributed by atoms with Crippen molar-refractivity contribution in [2.45, 2.75) is 45.6 Å². The predicted molar refractivity (Wildman–Crippen MR) is 84.8 cm³/mol. The maximum Gasteiger partial charge on any atom is 0.0303 e. The van der Waals surface area contributed by atoms with Crippen molar-refractivity contribution in [2.24, 2.45) is 5.41 Å². The zero-order chi connectivity index (χ0) is 13.2. The lowest BCUT2D eigenvalue weighted by Gasteiger charge is -2.27. The molecule has 1 unspecified atom stereocenters. The molecular weight excluding hydrogens is 354 g/mol. The molecule has 1 atom stereocenters. The van der Waals surface area contributed by atoms with Crippen LogP contribution in [0.4, 0.5) is 0 Å². The third-order valence-corrected chi connectivity index (χ3v) is 5.25. The fourth-order valence-electron chi connectivity index (χ4n) is 2.77. The van der Waals surface area contributed by atoms with Crippen LogP contribution in [0.3, 0.4) is 0 Å². The molecule has 1 aliphatic rings. The third kappa shape index (κ3) is 3.58. The Morgan fingerprint density at radius 2 is 1.94 bits per heavy atom. The predicted octanol–water partition coefficient (Wildman–Crippen LogP) is 5.44. The molecule has 1 aliphatic carbocycles. The highest BCUT2D eigenvalue weighted by Gasteiger charge is 2.28. The SMILES string of the molecule is CC(NCC1(C)CCCC1)c1ccc(Br)cc1Br. The molecule has 0 spiro atoms. The summed E-state index contributed by atoms with van der Waals surface area (Å²) in [6.07, 6.45) is 5.53. The van der Waals surface area contributed by atoms with Crippen LogP contribution in [0.15, 0.2) is 27.1 Å². The van der Waals surface area contributed by atoms with E-state index in [0.29, 0.717) is 11.5 Å². The van der Waals surface area contributed by atoms with E-state index in [1.54, 1.807) is 0 Å². The molecule has 18 heavy (non-hydrogen) atoms. The van der Waals surface area contributed by atoms with Crippen molar-refractivity contribution < 1.29 is 0 Å². The second-order valence-corrected chi connectivity index (χ2v) is 7.56. The highest BCUT2D eigenvalue weighted by atomic mass is 79.9. The monoisotopic (exact) mass is 373 g/mol. The Bertz CT molecular complexity index is 411. The summed E-state index contributed by atoms with van der Waals surface area (Å²) >= 11 is 7.14. The van der Waals surface area contributed by atoms with Crippen LogP contribution in [0.25, 0.3) is 0 Å². The largest absolute Gasteiger partial charge is 0.310 e. The van der Waals surface area contributed by atoms with Crippen LogP contribution >= 0.6 is 31.9 Å². The van der Waals surface area contributed by atoms with Crippen molar-refractivity contribution >= 4 is 31.9 Å². The molecule has 1 fully saturated rings. The van der Waals surface area contributed by atoms with Crippen LogP contribution in [0, 0.1) is 5.41 Å². The molecule has 0 aliphatic heterocycles. The van der Waals surface area contributed by atoms with Gasteiger partial charge >= 0.3 is 0 Å². The Labute approximate surface area is 127 Å². The Morgan fingerprint density at radius 3 is 2.56 bits per heavy atom. The van der Waals surface area contributed by atoms with Gasteiger partial charge in [0.1, 0.15) is 0 Å². The highest BCUT2D eigenvalue weighted by molar-refractivity contribution is 9.11. The highest BCUT2D eigenvalue weighted by Crippen LogP contribution is 2.37. The van der Waals surface area contributed by atoms with Crippen LogP contribution < -0.4 is 5.32 Å². The van der Waals surface area contributed by atoms with Gasteiger partial charge in [0.25, 0.3) is 0 Å². The van der Waals surface area contributed by atoms with Gasteiger partial charge < -0.3 is 5.32 Å². The number of rotatable bonds is 4. The first-order chi connectivity index (χ1) is 8.50. The van der Waals surface area contributed by atoms with E-state index in [0.717, 1.165) is 11.0 Å². The number of benzene rings is 1. The van der Waals surface area contributed by atoms with Crippen molar-refractivity contribution in [3.63, 3.8) is 0 Å². The molecule has 3 heteroatoms. The zero-order valence-electron chi connectivity index (χ0n) is 11.1. The van der Waals surface area contributed by atoms with E-state index in [9.17, 15) is 0 Å². The topological polar surface area (TPSA) is 12.0 Å². The second kappa shape index (κ2) is 6.06.